The van der Waals surface area contributed by atoms with E-state index in [1.165, 1.54) is 6.08 Å². The minimum Gasteiger partial charge on any atom is -0.489 e. The number of esters is 1. The number of ether oxygens (including phenoxy) is 2. The highest BCUT2D eigenvalue weighted by molar-refractivity contribution is 6.06. The Morgan fingerprint density at radius 3 is 2.13 bits per heavy atom. The first-order valence-electron chi connectivity index (χ1n) is 9.48. The Balaban J connectivity index is 1.55. The quantitative estimate of drug-likeness (QED) is 0.213. The molecule has 0 N–H and O–H groups in total. The molecule has 4 heteroatoms. The van der Waals surface area contributed by atoms with Crippen LogP contribution in [0.2, 0.25) is 0 Å². The molecule has 3 aromatic rings. The van der Waals surface area contributed by atoms with Crippen molar-refractivity contribution < 1.29 is 19.1 Å². The van der Waals surface area contributed by atoms with Gasteiger partial charge in [0.1, 0.15) is 18.1 Å². The highest BCUT2D eigenvalue weighted by atomic mass is 16.5. The van der Waals surface area contributed by atoms with Crippen LogP contribution in [0, 0.1) is 0 Å². The van der Waals surface area contributed by atoms with Crippen molar-refractivity contribution in [2.45, 2.75) is 13.5 Å². The number of carbonyl (C=O) groups is 2. The third-order valence-electron chi connectivity index (χ3n) is 4.25. The first-order valence-corrected chi connectivity index (χ1v) is 9.48. The zero-order chi connectivity index (χ0) is 21.3. The normalized spacial score (nSPS) is 10.6. The first-order chi connectivity index (χ1) is 14.5. The van der Waals surface area contributed by atoms with Crippen molar-refractivity contribution in [3.8, 4) is 11.5 Å². The Morgan fingerprint density at radius 1 is 0.867 bits per heavy atom. The van der Waals surface area contributed by atoms with Crippen molar-refractivity contribution >= 4 is 17.8 Å². The molecule has 0 atom stereocenters. The summed E-state index contributed by atoms with van der Waals surface area (Å²) >= 11 is 0. The average molecular weight is 398 g/mol. The monoisotopic (exact) mass is 398 g/mol. The maximum absolute atomic E-state index is 12.4. The molecule has 150 valence electrons. The summed E-state index contributed by atoms with van der Waals surface area (Å²) in [7, 11) is 0. The third-order valence-corrected chi connectivity index (χ3v) is 4.25. The molecule has 3 aromatic carbocycles. The van der Waals surface area contributed by atoms with Gasteiger partial charge in [-0.25, -0.2) is 4.79 Å². The first kappa shape index (κ1) is 20.8. The molecule has 3 rings (SSSR count). The van der Waals surface area contributed by atoms with Crippen LogP contribution < -0.4 is 9.47 Å². The van der Waals surface area contributed by atoms with Crippen LogP contribution >= 0.6 is 0 Å². The fourth-order valence-corrected chi connectivity index (χ4v) is 2.57. The summed E-state index contributed by atoms with van der Waals surface area (Å²) in [5, 5.41) is 0. The van der Waals surface area contributed by atoms with Crippen molar-refractivity contribution in [1.82, 2.24) is 0 Å². The van der Waals surface area contributed by atoms with E-state index in [1.807, 2.05) is 54.6 Å². The summed E-state index contributed by atoms with van der Waals surface area (Å²) < 4.78 is 10.9. The molecule has 4 nitrogen and oxygen atoms in total. The van der Waals surface area contributed by atoms with E-state index in [0.717, 1.165) is 16.9 Å². The minimum atomic E-state index is -0.495. The molecule has 0 unspecified atom stereocenters. The summed E-state index contributed by atoms with van der Waals surface area (Å²) in [4.78, 5) is 23.9. The van der Waals surface area contributed by atoms with Crippen LogP contribution in [0.15, 0.2) is 97.1 Å². The maximum atomic E-state index is 12.4. The standard InChI is InChI=1S/C26H22O4/c1-19(2)26(28)30-24-15-11-22(12-16-24)25(27)17-10-20-8-13-23(14-9-20)29-18-21-6-4-3-5-7-21/h3-17H,1,18H2,2H3/b17-10+. The van der Waals surface area contributed by atoms with Crippen LogP contribution in [0.4, 0.5) is 0 Å². The van der Waals surface area contributed by atoms with Crippen molar-refractivity contribution in [3.05, 3.63) is 114 Å². The van der Waals surface area contributed by atoms with Crippen molar-refractivity contribution in [3.63, 3.8) is 0 Å². The molecule has 0 aliphatic rings. The van der Waals surface area contributed by atoms with E-state index < -0.39 is 5.97 Å². The molecule has 0 aliphatic carbocycles. The molecule has 0 saturated carbocycles. The zero-order valence-electron chi connectivity index (χ0n) is 16.7. The molecular weight excluding hydrogens is 376 g/mol. The Morgan fingerprint density at radius 2 is 1.50 bits per heavy atom. The Hall–Kier alpha value is -3.92. The lowest BCUT2D eigenvalue weighted by Gasteiger charge is -2.06. The number of benzene rings is 3. The molecule has 0 aromatic heterocycles. The van der Waals surface area contributed by atoms with Gasteiger partial charge in [0.2, 0.25) is 0 Å². The Labute approximate surface area is 176 Å². The topological polar surface area (TPSA) is 52.6 Å². The van der Waals surface area contributed by atoms with Gasteiger partial charge in [-0.2, -0.15) is 0 Å². The number of ketones is 1. The Bertz CT molecular complexity index is 1050. The molecule has 0 bridgehead atoms. The van der Waals surface area contributed by atoms with Gasteiger partial charge >= 0.3 is 5.97 Å². The predicted molar refractivity (Wildman–Crippen MR) is 117 cm³/mol. The fourth-order valence-electron chi connectivity index (χ4n) is 2.57. The summed E-state index contributed by atoms with van der Waals surface area (Å²) in [6.07, 6.45) is 3.26. The molecule has 0 fully saturated rings. The summed E-state index contributed by atoms with van der Waals surface area (Å²) in [6, 6.07) is 23.9. The fraction of sp³-hybridized carbons (Fsp3) is 0.0769. The highest BCUT2D eigenvalue weighted by Crippen LogP contribution is 2.17. The largest absolute Gasteiger partial charge is 0.489 e. The van der Waals surface area contributed by atoms with Gasteiger partial charge in [0.15, 0.2) is 5.78 Å². The van der Waals surface area contributed by atoms with Crippen molar-refractivity contribution in [2.75, 3.05) is 0 Å². The summed E-state index contributed by atoms with van der Waals surface area (Å²) in [5.41, 5.74) is 2.81. The average Bonchev–Trinajstić information content (AvgIpc) is 2.78. The summed E-state index contributed by atoms with van der Waals surface area (Å²) in [6.45, 7) is 5.62. The van der Waals surface area contributed by atoms with E-state index >= 15 is 0 Å². The predicted octanol–water partition coefficient (Wildman–Crippen LogP) is 5.64. The number of hydrogen-bond acceptors (Lipinski definition) is 4. The van der Waals surface area contributed by atoms with Crippen LogP contribution in [-0.2, 0) is 11.4 Å². The third kappa shape index (κ3) is 6.04. The van der Waals surface area contributed by atoms with Gasteiger partial charge in [0.25, 0.3) is 0 Å². The van der Waals surface area contributed by atoms with E-state index in [-0.39, 0.29) is 5.78 Å². The van der Waals surface area contributed by atoms with E-state index in [0.29, 0.717) is 23.5 Å². The molecular formula is C26H22O4. The van der Waals surface area contributed by atoms with E-state index in [9.17, 15) is 9.59 Å². The molecule has 0 saturated heterocycles. The van der Waals surface area contributed by atoms with Gasteiger partial charge in [-0.05, 0) is 60.5 Å². The van der Waals surface area contributed by atoms with Gasteiger partial charge < -0.3 is 9.47 Å². The zero-order valence-corrected chi connectivity index (χ0v) is 16.7. The van der Waals surface area contributed by atoms with Crippen molar-refractivity contribution in [1.29, 1.82) is 0 Å². The molecule has 30 heavy (non-hydrogen) atoms. The molecule has 0 aliphatic heterocycles. The highest BCUT2D eigenvalue weighted by Gasteiger charge is 2.07. The second-order valence-corrected chi connectivity index (χ2v) is 6.74. The lowest BCUT2D eigenvalue weighted by molar-refractivity contribution is -0.130. The molecule has 0 radical (unpaired) electrons. The number of carbonyl (C=O) groups excluding carboxylic acids is 2. The van der Waals surface area contributed by atoms with Gasteiger partial charge in [0, 0.05) is 11.1 Å². The van der Waals surface area contributed by atoms with Gasteiger partial charge in [-0.3, -0.25) is 4.79 Å². The second kappa shape index (κ2) is 10.0. The van der Waals surface area contributed by atoms with Gasteiger partial charge in [0.05, 0.1) is 0 Å². The summed E-state index contributed by atoms with van der Waals surface area (Å²) in [5.74, 6) is 0.499. The molecule has 0 amide bonds. The van der Waals surface area contributed by atoms with Crippen molar-refractivity contribution in [2.24, 2.45) is 0 Å². The maximum Gasteiger partial charge on any atom is 0.338 e. The number of hydrogen-bond donors (Lipinski definition) is 0. The van der Waals surface area contributed by atoms with Crippen LogP contribution in [0.5, 0.6) is 11.5 Å². The van der Waals surface area contributed by atoms with Crippen LogP contribution in [-0.4, -0.2) is 11.8 Å². The lowest BCUT2D eigenvalue weighted by Crippen LogP contribution is -2.08. The lowest BCUT2D eigenvalue weighted by atomic mass is 10.1. The van der Waals surface area contributed by atoms with Crippen LogP contribution in [0.1, 0.15) is 28.4 Å². The van der Waals surface area contributed by atoms with E-state index in [1.54, 1.807) is 37.3 Å². The molecule has 0 heterocycles. The number of allylic oxidation sites excluding steroid dienone is 1. The van der Waals surface area contributed by atoms with Crippen LogP contribution in [0.3, 0.4) is 0 Å². The van der Waals surface area contributed by atoms with E-state index in [2.05, 4.69) is 6.58 Å². The molecule has 0 spiro atoms. The second-order valence-electron chi connectivity index (χ2n) is 6.74. The number of rotatable bonds is 8. The van der Waals surface area contributed by atoms with Gasteiger partial charge in [-0.1, -0.05) is 55.1 Å². The smallest absolute Gasteiger partial charge is 0.338 e. The van der Waals surface area contributed by atoms with Gasteiger partial charge in [-0.15, -0.1) is 0 Å². The van der Waals surface area contributed by atoms with E-state index in [4.69, 9.17) is 9.47 Å². The minimum absolute atomic E-state index is 0.141. The SMILES string of the molecule is C=C(C)C(=O)Oc1ccc(C(=O)/C=C/c2ccc(OCc3ccccc3)cc2)cc1. The van der Waals surface area contributed by atoms with Crippen LogP contribution in [0.25, 0.3) is 6.08 Å². The Kier molecular flexibility index (Phi) is 6.95.